The number of nitro benzene ring substituents is 1. The van der Waals surface area contributed by atoms with Crippen LogP contribution >= 0.6 is 0 Å². The Hall–Kier alpha value is -3.19. The molecule has 0 radical (unpaired) electrons. The Bertz CT molecular complexity index is 849. The molecule has 134 valence electrons. The highest BCUT2D eigenvalue weighted by atomic mass is 16.6. The van der Waals surface area contributed by atoms with E-state index in [1.165, 1.54) is 23.1 Å². The Balaban J connectivity index is 1.99. The summed E-state index contributed by atoms with van der Waals surface area (Å²) >= 11 is 0. The zero-order chi connectivity index (χ0) is 18.5. The number of benzene rings is 2. The molecule has 2 N–H and O–H groups in total. The number of nitrogens with two attached hydrogens (primary N) is 1. The number of hydrogen-bond donors (Lipinski definition) is 1. The molecular weight excluding hydrogens is 334 g/mol. The Kier molecular flexibility index (Phi) is 5.28. The van der Waals surface area contributed by atoms with Crippen LogP contribution in [0.1, 0.15) is 18.4 Å². The van der Waals surface area contributed by atoms with Crippen molar-refractivity contribution in [2.75, 3.05) is 18.0 Å². The molecule has 0 unspecified atom stereocenters. The molecule has 7 heteroatoms. The van der Waals surface area contributed by atoms with E-state index in [4.69, 9.17) is 10.5 Å². The number of nitrogens with zero attached hydrogens (tertiary/aromatic N) is 2. The summed E-state index contributed by atoms with van der Waals surface area (Å²) in [6.45, 7) is 0.937. The normalized spacial score (nSPS) is 14.9. The fourth-order valence-electron chi connectivity index (χ4n) is 2.75. The number of ether oxygens (including phenoxy) is 1. The second-order valence-corrected chi connectivity index (χ2v) is 5.88. The van der Waals surface area contributed by atoms with Crippen LogP contribution in [0.25, 0.3) is 6.08 Å². The number of nitro groups is 1. The van der Waals surface area contributed by atoms with E-state index >= 15 is 0 Å². The smallest absolute Gasteiger partial charge is 0.294 e. The van der Waals surface area contributed by atoms with Gasteiger partial charge in [-0.15, -0.1) is 0 Å². The van der Waals surface area contributed by atoms with Gasteiger partial charge >= 0.3 is 0 Å². The molecule has 1 amide bonds. The van der Waals surface area contributed by atoms with Gasteiger partial charge in [-0.05, 0) is 37.1 Å². The maximum Gasteiger partial charge on any atom is 0.294 e. The van der Waals surface area contributed by atoms with Crippen LogP contribution < -0.4 is 15.4 Å². The number of carbonyl (C=O) groups excluding carboxylic acids is 1. The first-order valence-corrected chi connectivity index (χ1v) is 8.35. The molecule has 0 saturated heterocycles. The molecule has 0 aliphatic carbocycles. The molecule has 3 rings (SSSR count). The number of rotatable bonds is 6. The monoisotopic (exact) mass is 353 g/mol. The molecule has 26 heavy (non-hydrogen) atoms. The molecular formula is C19H19N3O4. The summed E-state index contributed by atoms with van der Waals surface area (Å²) < 4.78 is 5.74. The van der Waals surface area contributed by atoms with E-state index in [0.29, 0.717) is 30.9 Å². The summed E-state index contributed by atoms with van der Waals surface area (Å²) in [7, 11) is 0. The third-order valence-corrected chi connectivity index (χ3v) is 4.05. The standard InChI is InChI=1S/C19H19N3O4/c20-10-4-5-11-21-16-13-15(22(24)25)8-9-17(16)26-18(19(21)23)12-14-6-2-1-3-7-14/h1-3,6-9,12-13H,4-5,10-11,20H2/b18-12+. The fraction of sp³-hybridized carbons (Fsp3) is 0.211. The summed E-state index contributed by atoms with van der Waals surface area (Å²) in [5, 5.41) is 11.1. The number of fused-ring (bicyclic) bond motifs is 1. The number of amides is 1. The minimum Gasteiger partial charge on any atom is -0.449 e. The number of non-ortho nitro benzene ring substituents is 1. The van der Waals surface area contributed by atoms with Gasteiger partial charge in [-0.1, -0.05) is 30.3 Å². The van der Waals surface area contributed by atoms with Crippen LogP contribution in [0.3, 0.4) is 0 Å². The van der Waals surface area contributed by atoms with Crippen LogP contribution in [0, 0.1) is 10.1 Å². The van der Waals surface area contributed by atoms with Crippen LogP contribution in [0.2, 0.25) is 0 Å². The SMILES string of the molecule is NCCCCN1C(=O)/C(=C\c2ccccc2)Oc2ccc([N+](=O)[O-])cc21. The molecule has 7 nitrogen and oxygen atoms in total. The molecule has 0 saturated carbocycles. The van der Waals surface area contributed by atoms with E-state index < -0.39 is 4.92 Å². The topological polar surface area (TPSA) is 98.7 Å². The van der Waals surface area contributed by atoms with Gasteiger partial charge in [0.25, 0.3) is 11.6 Å². The van der Waals surface area contributed by atoms with E-state index in [1.54, 1.807) is 6.08 Å². The number of anilines is 1. The van der Waals surface area contributed by atoms with Gasteiger partial charge in [0.2, 0.25) is 0 Å². The minimum atomic E-state index is -0.488. The molecule has 1 aliphatic heterocycles. The van der Waals surface area contributed by atoms with E-state index in [9.17, 15) is 14.9 Å². The van der Waals surface area contributed by atoms with Crippen molar-refractivity contribution in [2.24, 2.45) is 5.73 Å². The molecule has 1 heterocycles. The van der Waals surface area contributed by atoms with Crippen molar-refractivity contribution in [3.05, 3.63) is 70.0 Å². The van der Waals surface area contributed by atoms with Crippen LogP contribution in [0.5, 0.6) is 5.75 Å². The summed E-state index contributed by atoms with van der Waals surface area (Å²) in [5.74, 6) is 0.286. The minimum absolute atomic E-state index is 0.0838. The first kappa shape index (κ1) is 17.6. The molecule has 2 aromatic carbocycles. The van der Waals surface area contributed by atoms with E-state index in [1.807, 2.05) is 30.3 Å². The van der Waals surface area contributed by atoms with Crippen molar-refractivity contribution in [2.45, 2.75) is 12.8 Å². The van der Waals surface area contributed by atoms with E-state index in [0.717, 1.165) is 12.0 Å². The maximum absolute atomic E-state index is 12.9. The third kappa shape index (κ3) is 3.73. The van der Waals surface area contributed by atoms with Crippen molar-refractivity contribution >= 4 is 23.4 Å². The van der Waals surface area contributed by atoms with Crippen LogP contribution in [-0.2, 0) is 4.79 Å². The molecule has 0 spiro atoms. The lowest BCUT2D eigenvalue weighted by Gasteiger charge is -2.30. The largest absolute Gasteiger partial charge is 0.449 e. The van der Waals surface area contributed by atoms with Gasteiger partial charge in [-0.25, -0.2) is 0 Å². The molecule has 2 aromatic rings. The summed E-state index contributed by atoms with van der Waals surface area (Å²) in [4.78, 5) is 25.0. The highest BCUT2D eigenvalue weighted by molar-refractivity contribution is 6.10. The van der Waals surface area contributed by atoms with Gasteiger partial charge in [-0.3, -0.25) is 14.9 Å². The number of carbonyl (C=O) groups is 1. The maximum atomic E-state index is 12.9. The molecule has 0 bridgehead atoms. The summed E-state index contributed by atoms with van der Waals surface area (Å²) in [5.41, 5.74) is 6.70. The van der Waals surface area contributed by atoms with Gasteiger partial charge in [0.15, 0.2) is 11.5 Å². The van der Waals surface area contributed by atoms with Gasteiger partial charge in [0.1, 0.15) is 0 Å². The van der Waals surface area contributed by atoms with Crippen molar-refractivity contribution in [1.82, 2.24) is 0 Å². The van der Waals surface area contributed by atoms with E-state index in [-0.39, 0.29) is 17.4 Å². The number of unbranched alkanes of at least 4 members (excludes halogenated alkanes) is 1. The Morgan fingerprint density at radius 3 is 2.62 bits per heavy atom. The van der Waals surface area contributed by atoms with Crippen molar-refractivity contribution in [1.29, 1.82) is 0 Å². The lowest BCUT2D eigenvalue weighted by Crippen LogP contribution is -2.38. The average Bonchev–Trinajstić information content (AvgIpc) is 2.65. The van der Waals surface area contributed by atoms with Gasteiger partial charge in [-0.2, -0.15) is 0 Å². The van der Waals surface area contributed by atoms with E-state index in [2.05, 4.69) is 0 Å². The summed E-state index contributed by atoms with van der Waals surface area (Å²) in [6.07, 6.45) is 3.12. The highest BCUT2D eigenvalue weighted by Gasteiger charge is 2.31. The lowest BCUT2D eigenvalue weighted by atomic mass is 10.1. The second kappa shape index (κ2) is 7.79. The average molecular weight is 353 g/mol. The first-order chi connectivity index (χ1) is 12.6. The van der Waals surface area contributed by atoms with Gasteiger partial charge in [0, 0.05) is 18.7 Å². The fourth-order valence-corrected chi connectivity index (χ4v) is 2.75. The quantitative estimate of drug-likeness (QED) is 0.372. The predicted octanol–water partition coefficient (Wildman–Crippen LogP) is 3.10. The molecule has 0 atom stereocenters. The second-order valence-electron chi connectivity index (χ2n) is 5.88. The van der Waals surface area contributed by atoms with Crippen molar-refractivity contribution in [3.8, 4) is 5.75 Å². The Morgan fingerprint density at radius 2 is 1.92 bits per heavy atom. The lowest BCUT2D eigenvalue weighted by molar-refractivity contribution is -0.384. The zero-order valence-corrected chi connectivity index (χ0v) is 14.1. The van der Waals surface area contributed by atoms with Crippen molar-refractivity contribution < 1.29 is 14.5 Å². The van der Waals surface area contributed by atoms with Gasteiger partial charge in [0.05, 0.1) is 10.6 Å². The molecule has 0 aromatic heterocycles. The summed E-state index contributed by atoms with van der Waals surface area (Å²) in [6, 6.07) is 13.6. The predicted molar refractivity (Wildman–Crippen MR) is 98.8 cm³/mol. The van der Waals surface area contributed by atoms with Gasteiger partial charge < -0.3 is 15.4 Å². The van der Waals surface area contributed by atoms with Crippen LogP contribution in [-0.4, -0.2) is 23.9 Å². The van der Waals surface area contributed by atoms with Crippen molar-refractivity contribution in [3.63, 3.8) is 0 Å². The number of hydrogen-bond acceptors (Lipinski definition) is 5. The van der Waals surface area contributed by atoms with Crippen LogP contribution in [0.4, 0.5) is 11.4 Å². The highest BCUT2D eigenvalue weighted by Crippen LogP contribution is 2.38. The molecule has 1 aliphatic rings. The Morgan fingerprint density at radius 1 is 1.15 bits per heavy atom. The van der Waals surface area contributed by atoms with Crippen LogP contribution in [0.15, 0.2) is 54.3 Å². The molecule has 0 fully saturated rings. The Labute approximate surface area is 150 Å². The third-order valence-electron chi connectivity index (χ3n) is 4.05. The zero-order valence-electron chi connectivity index (χ0n) is 14.1. The first-order valence-electron chi connectivity index (χ1n) is 8.35.